The number of fused-ring (bicyclic) bond motifs is 1. The molecule has 110 valence electrons. The summed E-state index contributed by atoms with van der Waals surface area (Å²) in [6.45, 7) is 2.13. The molecule has 0 aliphatic rings. The highest BCUT2D eigenvalue weighted by Crippen LogP contribution is 2.36. The fourth-order valence-electron chi connectivity index (χ4n) is 2.54. The van der Waals surface area contributed by atoms with Crippen LogP contribution < -0.4 is 5.32 Å². The molecular formula is C16H14N4S2. The Labute approximate surface area is 136 Å². The molecule has 0 atom stereocenters. The Bertz CT molecular complexity index is 934. The number of hydrogen-bond acceptors (Lipinski definition) is 5. The Hall–Kier alpha value is -2.18. The lowest BCUT2D eigenvalue weighted by Gasteiger charge is -2.02. The van der Waals surface area contributed by atoms with Crippen LogP contribution in [0, 0.1) is 6.92 Å². The molecule has 3 heterocycles. The van der Waals surface area contributed by atoms with Crippen molar-refractivity contribution in [1.82, 2.24) is 14.4 Å². The van der Waals surface area contributed by atoms with Gasteiger partial charge in [0, 0.05) is 23.7 Å². The number of hydrogen-bond donors (Lipinski definition) is 1. The normalized spacial score (nSPS) is 11.2. The van der Waals surface area contributed by atoms with E-state index < -0.39 is 0 Å². The van der Waals surface area contributed by atoms with Crippen LogP contribution in [0.15, 0.2) is 41.9 Å². The first-order valence-electron chi connectivity index (χ1n) is 6.94. The number of thiazole rings is 2. The van der Waals surface area contributed by atoms with E-state index in [1.54, 1.807) is 22.7 Å². The van der Waals surface area contributed by atoms with Gasteiger partial charge in [-0.25, -0.2) is 9.97 Å². The van der Waals surface area contributed by atoms with E-state index in [1.165, 1.54) is 16.1 Å². The molecule has 0 amide bonds. The van der Waals surface area contributed by atoms with Gasteiger partial charge in [0.05, 0.1) is 22.5 Å². The largest absolute Gasteiger partial charge is 0.365 e. The quantitative estimate of drug-likeness (QED) is 0.601. The van der Waals surface area contributed by atoms with Crippen molar-refractivity contribution >= 4 is 32.8 Å². The van der Waals surface area contributed by atoms with Crippen molar-refractivity contribution < 1.29 is 0 Å². The van der Waals surface area contributed by atoms with Crippen molar-refractivity contribution in [3.8, 4) is 21.8 Å². The number of rotatable bonds is 3. The molecule has 1 aromatic carbocycles. The number of benzene rings is 1. The first-order valence-corrected chi connectivity index (χ1v) is 8.63. The van der Waals surface area contributed by atoms with E-state index in [4.69, 9.17) is 0 Å². The van der Waals surface area contributed by atoms with Gasteiger partial charge in [-0.15, -0.1) is 11.3 Å². The summed E-state index contributed by atoms with van der Waals surface area (Å²) < 4.78 is 2.22. The van der Waals surface area contributed by atoms with Gasteiger partial charge in [0.2, 0.25) is 0 Å². The van der Waals surface area contributed by atoms with E-state index in [2.05, 4.69) is 56.3 Å². The van der Waals surface area contributed by atoms with Crippen molar-refractivity contribution in [2.75, 3.05) is 12.4 Å². The number of aromatic nitrogens is 3. The summed E-state index contributed by atoms with van der Waals surface area (Å²) in [4.78, 5) is 11.4. The van der Waals surface area contributed by atoms with Crippen molar-refractivity contribution in [1.29, 1.82) is 0 Å². The summed E-state index contributed by atoms with van der Waals surface area (Å²) in [5.74, 6) is 0. The summed E-state index contributed by atoms with van der Waals surface area (Å²) in [5, 5.41) is 6.11. The molecule has 22 heavy (non-hydrogen) atoms. The van der Waals surface area contributed by atoms with Crippen molar-refractivity contribution in [2.45, 2.75) is 6.92 Å². The number of nitrogens with zero attached hydrogens (tertiary/aromatic N) is 3. The van der Waals surface area contributed by atoms with Gasteiger partial charge in [-0.05, 0) is 6.92 Å². The second-order valence-corrected chi connectivity index (χ2v) is 6.77. The highest BCUT2D eigenvalue weighted by Gasteiger charge is 2.17. The van der Waals surface area contributed by atoms with Crippen molar-refractivity contribution in [3.63, 3.8) is 0 Å². The Balaban J connectivity index is 1.90. The van der Waals surface area contributed by atoms with Gasteiger partial charge in [-0.3, -0.25) is 4.40 Å². The molecule has 0 saturated heterocycles. The molecule has 0 aliphatic heterocycles. The molecule has 0 radical (unpaired) electrons. The van der Waals surface area contributed by atoms with E-state index in [9.17, 15) is 0 Å². The Morgan fingerprint density at radius 3 is 2.73 bits per heavy atom. The van der Waals surface area contributed by atoms with E-state index >= 15 is 0 Å². The Morgan fingerprint density at radius 2 is 2.00 bits per heavy atom. The van der Waals surface area contributed by atoms with Crippen LogP contribution in [0.2, 0.25) is 0 Å². The van der Waals surface area contributed by atoms with Crippen molar-refractivity contribution in [2.24, 2.45) is 0 Å². The fourth-order valence-corrected chi connectivity index (χ4v) is 4.34. The third-order valence-corrected chi connectivity index (χ3v) is 5.65. The minimum atomic E-state index is 0.934. The second kappa shape index (κ2) is 5.23. The first kappa shape index (κ1) is 13.5. The molecule has 0 bridgehead atoms. The predicted molar refractivity (Wildman–Crippen MR) is 93.9 cm³/mol. The number of aryl methyl sites for hydroxylation is 1. The van der Waals surface area contributed by atoms with E-state index in [0.29, 0.717) is 0 Å². The SMILES string of the molecule is CNc1nc(-c2sc3ncc(-c4ccccc4)n3c2C)cs1. The van der Waals surface area contributed by atoms with Crippen LogP contribution in [0.4, 0.5) is 5.13 Å². The topological polar surface area (TPSA) is 42.2 Å². The van der Waals surface area contributed by atoms with E-state index in [0.717, 1.165) is 21.5 Å². The summed E-state index contributed by atoms with van der Waals surface area (Å²) in [6, 6.07) is 10.4. The number of nitrogens with one attached hydrogen (secondary N) is 1. The minimum absolute atomic E-state index is 0.934. The molecule has 0 aliphatic carbocycles. The molecule has 6 heteroatoms. The van der Waals surface area contributed by atoms with Gasteiger partial charge in [0.25, 0.3) is 0 Å². The average Bonchev–Trinajstić information content (AvgIpc) is 3.24. The predicted octanol–water partition coefficient (Wildman–Crippen LogP) is 4.54. The molecule has 0 spiro atoms. The summed E-state index contributed by atoms with van der Waals surface area (Å²) in [6.07, 6.45) is 1.94. The maximum Gasteiger partial charge on any atom is 0.194 e. The van der Waals surface area contributed by atoms with Crippen LogP contribution in [0.1, 0.15) is 5.69 Å². The summed E-state index contributed by atoms with van der Waals surface area (Å²) >= 11 is 3.31. The molecule has 4 aromatic rings. The van der Waals surface area contributed by atoms with Crippen LogP contribution in [-0.4, -0.2) is 21.4 Å². The van der Waals surface area contributed by atoms with Gasteiger partial charge < -0.3 is 5.32 Å². The Morgan fingerprint density at radius 1 is 1.18 bits per heavy atom. The smallest absolute Gasteiger partial charge is 0.194 e. The van der Waals surface area contributed by atoms with Gasteiger partial charge in [0.15, 0.2) is 10.1 Å². The minimum Gasteiger partial charge on any atom is -0.365 e. The van der Waals surface area contributed by atoms with Gasteiger partial charge in [-0.1, -0.05) is 41.7 Å². The van der Waals surface area contributed by atoms with Crippen LogP contribution >= 0.6 is 22.7 Å². The third kappa shape index (κ3) is 2.03. The highest BCUT2D eigenvalue weighted by atomic mass is 32.1. The molecule has 0 fully saturated rings. The average molecular weight is 326 g/mol. The number of anilines is 1. The maximum absolute atomic E-state index is 4.61. The second-order valence-electron chi connectivity index (χ2n) is 4.93. The standard InChI is InChI=1S/C16H14N4S2/c1-10-14(12-9-21-15(17-2)19-12)22-16-18-8-13(20(10)16)11-6-4-3-5-7-11/h3-9H,1-2H3,(H,17,19). The molecular weight excluding hydrogens is 312 g/mol. The van der Waals surface area contributed by atoms with Crippen LogP contribution in [-0.2, 0) is 0 Å². The lowest BCUT2D eigenvalue weighted by Crippen LogP contribution is -1.90. The van der Waals surface area contributed by atoms with Crippen molar-refractivity contribution in [3.05, 3.63) is 47.6 Å². The lowest BCUT2D eigenvalue weighted by molar-refractivity contribution is 1.14. The van der Waals surface area contributed by atoms with Gasteiger partial charge >= 0.3 is 0 Å². The highest BCUT2D eigenvalue weighted by molar-refractivity contribution is 7.21. The fraction of sp³-hybridized carbons (Fsp3) is 0.125. The van der Waals surface area contributed by atoms with Crippen LogP contribution in [0.25, 0.3) is 26.8 Å². The maximum atomic E-state index is 4.61. The molecule has 4 nitrogen and oxygen atoms in total. The monoisotopic (exact) mass is 326 g/mol. The lowest BCUT2D eigenvalue weighted by atomic mass is 10.2. The van der Waals surface area contributed by atoms with Gasteiger partial charge in [-0.2, -0.15) is 0 Å². The van der Waals surface area contributed by atoms with E-state index in [1.807, 2.05) is 19.3 Å². The zero-order chi connectivity index (χ0) is 15.1. The summed E-state index contributed by atoms with van der Waals surface area (Å²) in [5.41, 5.74) is 4.50. The number of imidazole rings is 1. The molecule has 1 N–H and O–H groups in total. The van der Waals surface area contributed by atoms with Crippen LogP contribution in [0.5, 0.6) is 0 Å². The van der Waals surface area contributed by atoms with E-state index in [-0.39, 0.29) is 0 Å². The summed E-state index contributed by atoms with van der Waals surface area (Å²) in [7, 11) is 1.89. The molecule has 0 saturated carbocycles. The molecule has 4 rings (SSSR count). The Kier molecular flexibility index (Phi) is 3.20. The molecule has 0 unspecified atom stereocenters. The van der Waals surface area contributed by atoms with Gasteiger partial charge in [0.1, 0.15) is 0 Å². The zero-order valence-corrected chi connectivity index (χ0v) is 13.8. The third-order valence-electron chi connectivity index (χ3n) is 3.61. The zero-order valence-electron chi connectivity index (χ0n) is 12.2. The van der Waals surface area contributed by atoms with Crippen LogP contribution in [0.3, 0.4) is 0 Å². The molecule has 3 aromatic heterocycles. The first-order chi connectivity index (χ1) is 10.8.